The zero-order chi connectivity index (χ0) is 20.1. The van der Waals surface area contributed by atoms with Crippen LogP contribution in [0, 0.1) is 0 Å². The number of Topliss-reactive ketones (excluding diaryl/α,β-unsaturated/α-hetero) is 1. The van der Waals surface area contributed by atoms with Gasteiger partial charge in [-0.1, -0.05) is 24.3 Å². The molecule has 0 fully saturated rings. The van der Waals surface area contributed by atoms with Gasteiger partial charge in [-0.25, -0.2) is 0 Å². The van der Waals surface area contributed by atoms with Gasteiger partial charge in [-0.3, -0.25) is 19.6 Å². The zero-order valence-corrected chi connectivity index (χ0v) is 15.8. The summed E-state index contributed by atoms with van der Waals surface area (Å²) in [6.45, 7) is 2.09. The van der Waals surface area contributed by atoms with E-state index in [0.29, 0.717) is 16.8 Å². The molecule has 0 bridgehead atoms. The molecule has 1 aliphatic carbocycles. The van der Waals surface area contributed by atoms with E-state index < -0.39 is 6.10 Å². The van der Waals surface area contributed by atoms with Crippen molar-refractivity contribution in [2.24, 2.45) is 0 Å². The highest BCUT2D eigenvalue weighted by Gasteiger charge is 2.36. The molecule has 3 rings (SSSR count). The van der Waals surface area contributed by atoms with Crippen molar-refractivity contribution in [2.45, 2.75) is 19.6 Å². The van der Waals surface area contributed by atoms with Crippen molar-refractivity contribution in [3.63, 3.8) is 0 Å². The SMILES string of the molecule is COCCN(C(C)=O)C1=C(NCc2cnccn2)C(=O)c2ccccc2C1O. The second-order valence-electron chi connectivity index (χ2n) is 6.29. The van der Waals surface area contributed by atoms with Gasteiger partial charge in [0.15, 0.2) is 0 Å². The van der Waals surface area contributed by atoms with E-state index in [1.807, 2.05) is 0 Å². The number of methoxy groups -OCH3 is 1. The number of benzene rings is 1. The highest BCUT2D eigenvalue weighted by Crippen LogP contribution is 2.35. The minimum Gasteiger partial charge on any atom is -0.383 e. The molecule has 0 aliphatic heterocycles. The van der Waals surface area contributed by atoms with Gasteiger partial charge < -0.3 is 20.1 Å². The Morgan fingerprint density at radius 3 is 2.79 bits per heavy atom. The molecule has 1 aromatic heterocycles. The number of aliphatic hydroxyl groups is 1. The Labute approximate surface area is 162 Å². The van der Waals surface area contributed by atoms with Crippen LogP contribution >= 0.6 is 0 Å². The maximum absolute atomic E-state index is 13.2. The van der Waals surface area contributed by atoms with Crippen molar-refractivity contribution >= 4 is 11.7 Å². The van der Waals surface area contributed by atoms with E-state index in [4.69, 9.17) is 4.74 Å². The van der Waals surface area contributed by atoms with Crippen LogP contribution in [-0.2, 0) is 16.1 Å². The number of hydrogen-bond donors (Lipinski definition) is 2. The molecule has 0 radical (unpaired) electrons. The van der Waals surface area contributed by atoms with Crippen LogP contribution in [0.1, 0.15) is 34.6 Å². The molecule has 0 saturated heterocycles. The Balaban J connectivity index is 2.04. The maximum atomic E-state index is 13.2. The largest absolute Gasteiger partial charge is 0.383 e. The molecule has 1 aromatic carbocycles. The lowest BCUT2D eigenvalue weighted by atomic mass is 9.88. The van der Waals surface area contributed by atoms with Gasteiger partial charge in [-0.05, 0) is 5.56 Å². The molecule has 8 nitrogen and oxygen atoms in total. The van der Waals surface area contributed by atoms with Crippen molar-refractivity contribution in [2.75, 3.05) is 20.3 Å². The van der Waals surface area contributed by atoms with E-state index >= 15 is 0 Å². The monoisotopic (exact) mass is 382 g/mol. The predicted octanol–water partition coefficient (Wildman–Crippen LogP) is 1.20. The number of carbonyl (C=O) groups excluding carboxylic acids is 2. The molecule has 1 aliphatic rings. The van der Waals surface area contributed by atoms with E-state index in [0.717, 1.165) is 0 Å². The fourth-order valence-electron chi connectivity index (χ4n) is 3.16. The number of carbonyl (C=O) groups is 2. The first kappa shape index (κ1) is 19.7. The van der Waals surface area contributed by atoms with Gasteiger partial charge in [0.1, 0.15) is 11.8 Å². The Morgan fingerprint density at radius 1 is 1.32 bits per heavy atom. The summed E-state index contributed by atoms with van der Waals surface area (Å²) in [4.78, 5) is 35.0. The van der Waals surface area contributed by atoms with E-state index in [9.17, 15) is 14.7 Å². The number of nitrogens with zero attached hydrogens (tertiary/aromatic N) is 3. The Morgan fingerprint density at radius 2 is 2.11 bits per heavy atom. The summed E-state index contributed by atoms with van der Waals surface area (Å²) >= 11 is 0. The lowest BCUT2D eigenvalue weighted by molar-refractivity contribution is -0.128. The molecule has 1 heterocycles. The summed E-state index contributed by atoms with van der Waals surface area (Å²) in [5.74, 6) is -0.583. The fourth-order valence-corrected chi connectivity index (χ4v) is 3.16. The first-order valence-corrected chi connectivity index (χ1v) is 8.86. The number of ether oxygens (including phenoxy) is 1. The van der Waals surface area contributed by atoms with Crippen LogP contribution in [0.2, 0.25) is 0 Å². The number of fused-ring (bicyclic) bond motifs is 1. The lowest BCUT2D eigenvalue weighted by Gasteiger charge is -2.34. The standard InChI is InChI=1S/C20H22N4O4/c1-13(25)24(9-10-28-2)18-17(23-12-14-11-21-7-8-22-14)19(26)15-5-3-4-6-16(15)20(18)27/h3-8,11,20,23,27H,9-10,12H2,1-2H3. The second kappa shape index (κ2) is 8.73. The van der Waals surface area contributed by atoms with Crippen LogP contribution in [0.15, 0.2) is 54.3 Å². The van der Waals surface area contributed by atoms with Gasteiger partial charge in [-0.2, -0.15) is 0 Å². The predicted molar refractivity (Wildman–Crippen MR) is 101 cm³/mol. The summed E-state index contributed by atoms with van der Waals surface area (Å²) in [6.07, 6.45) is 3.57. The number of allylic oxidation sites excluding steroid dienone is 1. The molecule has 1 amide bonds. The molecule has 0 spiro atoms. The molecule has 8 heteroatoms. The minimum atomic E-state index is -1.13. The number of amides is 1. The molecule has 146 valence electrons. The number of nitrogens with one attached hydrogen (secondary N) is 1. The highest BCUT2D eigenvalue weighted by molar-refractivity contribution is 6.11. The molecule has 0 saturated carbocycles. The van der Waals surface area contributed by atoms with Crippen molar-refractivity contribution in [1.82, 2.24) is 20.2 Å². The van der Waals surface area contributed by atoms with Gasteiger partial charge in [0, 0.05) is 38.5 Å². The summed E-state index contributed by atoms with van der Waals surface area (Å²) < 4.78 is 5.09. The molecule has 2 N–H and O–H groups in total. The minimum absolute atomic E-state index is 0.170. The second-order valence-corrected chi connectivity index (χ2v) is 6.29. The van der Waals surface area contributed by atoms with Crippen molar-refractivity contribution in [3.05, 3.63) is 71.1 Å². The smallest absolute Gasteiger partial charge is 0.223 e. The first-order chi connectivity index (χ1) is 13.5. The van der Waals surface area contributed by atoms with Crippen molar-refractivity contribution in [3.8, 4) is 0 Å². The third-order valence-electron chi connectivity index (χ3n) is 4.50. The van der Waals surface area contributed by atoms with Crippen molar-refractivity contribution < 1.29 is 19.4 Å². The third-order valence-corrected chi connectivity index (χ3v) is 4.50. The van der Waals surface area contributed by atoms with E-state index in [1.165, 1.54) is 18.9 Å². The van der Waals surface area contributed by atoms with Crippen LogP contribution in [-0.4, -0.2) is 51.9 Å². The molecular formula is C20H22N4O4. The average Bonchev–Trinajstić information content (AvgIpc) is 2.71. The Kier molecular flexibility index (Phi) is 6.13. The summed E-state index contributed by atoms with van der Waals surface area (Å²) in [5.41, 5.74) is 1.88. The quantitative estimate of drug-likeness (QED) is 0.741. The molecule has 1 unspecified atom stereocenters. The van der Waals surface area contributed by atoms with Crippen molar-refractivity contribution in [1.29, 1.82) is 0 Å². The van der Waals surface area contributed by atoms with Gasteiger partial charge in [0.2, 0.25) is 11.7 Å². The fraction of sp³-hybridized carbons (Fsp3) is 0.300. The molecular weight excluding hydrogens is 360 g/mol. The first-order valence-electron chi connectivity index (χ1n) is 8.86. The van der Waals surface area contributed by atoms with Crippen LogP contribution in [0.25, 0.3) is 0 Å². The Bertz CT molecular complexity index is 898. The molecule has 28 heavy (non-hydrogen) atoms. The topological polar surface area (TPSA) is 105 Å². The summed E-state index contributed by atoms with van der Waals surface area (Å²) in [5, 5.41) is 14.1. The average molecular weight is 382 g/mol. The van der Waals surface area contributed by atoms with Gasteiger partial charge in [-0.15, -0.1) is 0 Å². The van der Waals surface area contributed by atoms with Gasteiger partial charge in [0.05, 0.1) is 30.7 Å². The van der Waals surface area contributed by atoms with E-state index in [-0.39, 0.29) is 42.8 Å². The van der Waals surface area contributed by atoms with Crippen LogP contribution in [0.3, 0.4) is 0 Å². The lowest BCUT2D eigenvalue weighted by Crippen LogP contribution is -2.40. The highest BCUT2D eigenvalue weighted by atomic mass is 16.5. The summed E-state index contributed by atoms with van der Waals surface area (Å²) in [6, 6.07) is 6.83. The normalized spacial score (nSPS) is 16.0. The van der Waals surface area contributed by atoms with Crippen LogP contribution in [0.5, 0.6) is 0 Å². The number of aromatic nitrogens is 2. The number of ketones is 1. The van der Waals surface area contributed by atoms with E-state index in [1.54, 1.807) is 42.9 Å². The van der Waals surface area contributed by atoms with Gasteiger partial charge in [0.25, 0.3) is 0 Å². The molecule has 1 atom stereocenters. The molecule has 2 aromatic rings. The zero-order valence-electron chi connectivity index (χ0n) is 15.8. The number of aliphatic hydroxyl groups excluding tert-OH is 1. The van der Waals surface area contributed by atoms with Crippen LogP contribution in [0.4, 0.5) is 0 Å². The third kappa shape index (κ3) is 3.92. The number of hydrogen-bond acceptors (Lipinski definition) is 7. The number of rotatable bonds is 7. The van der Waals surface area contributed by atoms with E-state index in [2.05, 4.69) is 15.3 Å². The Hall–Kier alpha value is -3.10. The summed E-state index contributed by atoms with van der Waals surface area (Å²) in [7, 11) is 1.53. The maximum Gasteiger partial charge on any atom is 0.223 e. The van der Waals surface area contributed by atoms with Gasteiger partial charge >= 0.3 is 0 Å². The van der Waals surface area contributed by atoms with Crippen LogP contribution < -0.4 is 5.32 Å².